The number of fused-ring (bicyclic) bond motifs is 1. The molecule has 0 radical (unpaired) electrons. The number of hydrogen-bond acceptors (Lipinski definition) is 5. The van der Waals surface area contributed by atoms with Gasteiger partial charge in [-0.05, 0) is 37.4 Å². The van der Waals surface area contributed by atoms with Crippen LogP contribution in [-0.4, -0.2) is 25.8 Å². The Labute approximate surface area is 195 Å². The standard InChI is InChI=1S/C25H20ClN5S/c1-16-8-10-18(11-9-16)23-29-24(27-20-14-12-19(26)13-15-20)22-21(17-6-4-3-5-7-17)28-25(32-2)31(22)30-23/h3-15H,1-2H3,(H,27,29,30). The molecule has 0 amide bonds. The fraction of sp³-hybridized carbons (Fsp3) is 0.0800. The average molecular weight is 458 g/mol. The molecule has 0 atom stereocenters. The first-order valence-corrected chi connectivity index (χ1v) is 11.7. The van der Waals surface area contributed by atoms with E-state index in [4.69, 9.17) is 26.7 Å². The van der Waals surface area contributed by atoms with Gasteiger partial charge in [0, 0.05) is 21.8 Å². The second kappa shape index (κ2) is 8.65. The predicted octanol–water partition coefficient (Wildman–Crippen LogP) is 6.89. The molecule has 0 bridgehead atoms. The Bertz CT molecular complexity index is 1380. The lowest BCUT2D eigenvalue weighted by Crippen LogP contribution is -2.05. The van der Waals surface area contributed by atoms with E-state index in [1.807, 2.05) is 77.5 Å². The Morgan fingerprint density at radius 3 is 2.25 bits per heavy atom. The third kappa shape index (κ3) is 3.95. The summed E-state index contributed by atoms with van der Waals surface area (Å²) < 4.78 is 1.88. The maximum absolute atomic E-state index is 6.08. The van der Waals surface area contributed by atoms with Crippen LogP contribution in [0, 0.1) is 6.92 Å². The SMILES string of the molecule is CSc1nc(-c2ccccc2)c2c(Nc3ccc(Cl)cc3)nc(-c3ccc(C)cc3)nn12. The molecule has 0 aliphatic carbocycles. The third-order valence-corrected chi connectivity index (χ3v) is 5.99. The summed E-state index contributed by atoms with van der Waals surface area (Å²) >= 11 is 7.64. The highest BCUT2D eigenvalue weighted by Gasteiger charge is 2.20. The molecule has 0 saturated carbocycles. The number of aryl methyl sites for hydroxylation is 1. The van der Waals surface area contributed by atoms with Gasteiger partial charge in [-0.25, -0.2) is 14.5 Å². The largest absolute Gasteiger partial charge is 0.338 e. The first-order valence-electron chi connectivity index (χ1n) is 10.1. The fourth-order valence-corrected chi connectivity index (χ4v) is 4.10. The van der Waals surface area contributed by atoms with E-state index in [1.165, 1.54) is 5.56 Å². The quantitative estimate of drug-likeness (QED) is 0.291. The van der Waals surface area contributed by atoms with Gasteiger partial charge in [0.05, 0.1) is 0 Å². The molecule has 2 aromatic heterocycles. The van der Waals surface area contributed by atoms with Gasteiger partial charge in [0.15, 0.2) is 16.8 Å². The van der Waals surface area contributed by atoms with Crippen molar-refractivity contribution >= 4 is 40.4 Å². The summed E-state index contributed by atoms with van der Waals surface area (Å²) in [6.07, 6.45) is 2.00. The first-order chi connectivity index (χ1) is 15.6. The Morgan fingerprint density at radius 1 is 0.844 bits per heavy atom. The summed E-state index contributed by atoms with van der Waals surface area (Å²) in [5, 5.41) is 9.82. The molecular formula is C25H20ClN5S. The van der Waals surface area contributed by atoms with E-state index in [0.717, 1.165) is 33.2 Å². The number of rotatable bonds is 5. The van der Waals surface area contributed by atoms with Crippen LogP contribution in [0.3, 0.4) is 0 Å². The molecule has 0 saturated heterocycles. The summed E-state index contributed by atoms with van der Waals surface area (Å²) in [6.45, 7) is 2.06. The number of benzene rings is 3. The molecule has 5 aromatic rings. The predicted molar refractivity (Wildman–Crippen MR) is 133 cm³/mol. The Hall–Kier alpha value is -3.35. The Kier molecular flexibility index (Phi) is 5.55. The van der Waals surface area contributed by atoms with Crippen LogP contribution in [0.25, 0.3) is 28.2 Å². The first kappa shape index (κ1) is 20.5. The molecule has 0 aliphatic heterocycles. The van der Waals surface area contributed by atoms with Gasteiger partial charge in [-0.15, -0.1) is 5.10 Å². The molecule has 5 rings (SSSR count). The van der Waals surface area contributed by atoms with E-state index in [1.54, 1.807) is 11.8 Å². The van der Waals surface area contributed by atoms with Crippen LogP contribution in [0.15, 0.2) is 84.0 Å². The van der Waals surface area contributed by atoms with Gasteiger partial charge in [-0.2, -0.15) is 0 Å². The van der Waals surface area contributed by atoms with E-state index >= 15 is 0 Å². The molecule has 0 unspecified atom stereocenters. The van der Waals surface area contributed by atoms with Crippen molar-refractivity contribution in [3.8, 4) is 22.6 Å². The van der Waals surface area contributed by atoms with Gasteiger partial charge < -0.3 is 5.32 Å². The summed E-state index contributed by atoms with van der Waals surface area (Å²) in [5.41, 5.74) is 5.69. The highest BCUT2D eigenvalue weighted by Crippen LogP contribution is 2.34. The summed E-state index contributed by atoms with van der Waals surface area (Å²) in [6, 6.07) is 25.9. The zero-order chi connectivity index (χ0) is 22.1. The molecule has 32 heavy (non-hydrogen) atoms. The minimum atomic E-state index is 0.626. The lowest BCUT2D eigenvalue weighted by atomic mass is 10.1. The van der Waals surface area contributed by atoms with Gasteiger partial charge >= 0.3 is 0 Å². The van der Waals surface area contributed by atoms with Crippen molar-refractivity contribution in [2.24, 2.45) is 0 Å². The lowest BCUT2D eigenvalue weighted by molar-refractivity contribution is 0.807. The van der Waals surface area contributed by atoms with E-state index in [2.05, 4.69) is 24.4 Å². The van der Waals surface area contributed by atoms with E-state index < -0.39 is 0 Å². The molecule has 1 N–H and O–H groups in total. The summed E-state index contributed by atoms with van der Waals surface area (Å²) in [5.74, 6) is 1.31. The number of nitrogens with zero attached hydrogens (tertiary/aromatic N) is 4. The normalized spacial score (nSPS) is 11.1. The second-order valence-electron chi connectivity index (χ2n) is 7.36. The Morgan fingerprint density at radius 2 is 1.56 bits per heavy atom. The van der Waals surface area contributed by atoms with Crippen molar-refractivity contribution in [2.75, 3.05) is 11.6 Å². The smallest absolute Gasteiger partial charge is 0.189 e. The number of halogens is 1. The van der Waals surface area contributed by atoms with Crippen molar-refractivity contribution in [1.82, 2.24) is 19.6 Å². The minimum Gasteiger partial charge on any atom is -0.338 e. The zero-order valence-electron chi connectivity index (χ0n) is 17.6. The van der Waals surface area contributed by atoms with Crippen molar-refractivity contribution in [1.29, 1.82) is 0 Å². The maximum Gasteiger partial charge on any atom is 0.189 e. The van der Waals surface area contributed by atoms with E-state index in [9.17, 15) is 0 Å². The molecule has 0 fully saturated rings. The molecular weight excluding hydrogens is 438 g/mol. The van der Waals surface area contributed by atoms with Gasteiger partial charge in [-0.1, -0.05) is 83.5 Å². The molecule has 5 nitrogen and oxygen atoms in total. The van der Waals surface area contributed by atoms with E-state index in [0.29, 0.717) is 16.7 Å². The van der Waals surface area contributed by atoms with Gasteiger partial charge in [0.2, 0.25) is 0 Å². The summed E-state index contributed by atoms with van der Waals surface area (Å²) in [4.78, 5) is 9.83. The zero-order valence-corrected chi connectivity index (χ0v) is 19.2. The van der Waals surface area contributed by atoms with Crippen LogP contribution in [-0.2, 0) is 0 Å². The minimum absolute atomic E-state index is 0.626. The van der Waals surface area contributed by atoms with Crippen molar-refractivity contribution in [2.45, 2.75) is 12.1 Å². The number of hydrogen-bond donors (Lipinski definition) is 1. The van der Waals surface area contributed by atoms with Crippen molar-refractivity contribution < 1.29 is 0 Å². The van der Waals surface area contributed by atoms with Crippen LogP contribution in [0.4, 0.5) is 11.5 Å². The molecule has 3 aromatic carbocycles. The van der Waals surface area contributed by atoms with Crippen LogP contribution in [0.5, 0.6) is 0 Å². The fourth-order valence-electron chi connectivity index (χ4n) is 3.48. The Balaban J connectivity index is 1.76. The van der Waals surface area contributed by atoms with Crippen molar-refractivity contribution in [3.63, 3.8) is 0 Å². The van der Waals surface area contributed by atoms with Crippen LogP contribution < -0.4 is 5.32 Å². The topological polar surface area (TPSA) is 55.1 Å². The molecule has 158 valence electrons. The molecule has 7 heteroatoms. The van der Waals surface area contributed by atoms with Gasteiger partial charge in [-0.3, -0.25) is 0 Å². The molecule has 0 spiro atoms. The second-order valence-corrected chi connectivity index (χ2v) is 8.57. The number of nitrogens with one attached hydrogen (secondary N) is 1. The number of imidazole rings is 1. The van der Waals surface area contributed by atoms with Crippen LogP contribution in [0.1, 0.15) is 5.56 Å². The average Bonchev–Trinajstić information content (AvgIpc) is 3.21. The van der Waals surface area contributed by atoms with E-state index in [-0.39, 0.29) is 0 Å². The lowest BCUT2D eigenvalue weighted by Gasteiger charge is -2.11. The highest BCUT2D eigenvalue weighted by molar-refractivity contribution is 7.98. The monoisotopic (exact) mass is 457 g/mol. The molecule has 2 heterocycles. The number of aromatic nitrogens is 4. The van der Waals surface area contributed by atoms with Gasteiger partial charge in [0.25, 0.3) is 0 Å². The highest BCUT2D eigenvalue weighted by atomic mass is 35.5. The van der Waals surface area contributed by atoms with Crippen LogP contribution >= 0.6 is 23.4 Å². The van der Waals surface area contributed by atoms with Crippen LogP contribution in [0.2, 0.25) is 5.02 Å². The van der Waals surface area contributed by atoms with Crippen molar-refractivity contribution in [3.05, 3.63) is 89.4 Å². The van der Waals surface area contributed by atoms with Gasteiger partial charge in [0.1, 0.15) is 11.2 Å². The number of anilines is 2. The third-order valence-electron chi connectivity index (χ3n) is 5.11. The number of thioether (sulfide) groups is 1. The maximum atomic E-state index is 6.08. The molecule has 0 aliphatic rings. The summed E-state index contributed by atoms with van der Waals surface area (Å²) in [7, 11) is 0.